The van der Waals surface area contributed by atoms with E-state index in [1.807, 2.05) is 17.0 Å². The van der Waals surface area contributed by atoms with Gasteiger partial charge in [0.25, 0.3) is 5.91 Å². The Morgan fingerprint density at radius 3 is 2.43 bits per heavy atom. The first kappa shape index (κ1) is 16.3. The highest BCUT2D eigenvalue weighted by atomic mass is 35.5. The fraction of sp³-hybridized carbons (Fsp3) is 0.556. The average molecular weight is 336 g/mol. The number of carboxylic acid groups (broad SMARTS) is 1. The molecule has 1 amide bonds. The van der Waals surface area contributed by atoms with Crippen LogP contribution in [0.1, 0.15) is 54.9 Å². The summed E-state index contributed by atoms with van der Waals surface area (Å²) in [7, 11) is 0. The molecule has 1 atom stereocenters. The van der Waals surface area contributed by atoms with Crippen LogP contribution >= 0.6 is 11.6 Å². The van der Waals surface area contributed by atoms with Gasteiger partial charge in [0.15, 0.2) is 0 Å². The third-order valence-corrected chi connectivity index (χ3v) is 5.73. The summed E-state index contributed by atoms with van der Waals surface area (Å²) in [5.41, 5.74) is 1.60. The number of halogens is 1. The van der Waals surface area contributed by atoms with Crippen molar-refractivity contribution in [2.24, 2.45) is 11.3 Å². The molecule has 2 aliphatic rings. The summed E-state index contributed by atoms with van der Waals surface area (Å²) in [5.74, 6) is -0.589. The molecular formula is C18H22ClNO3. The summed E-state index contributed by atoms with van der Waals surface area (Å²) in [6, 6.07) is 5.51. The van der Waals surface area contributed by atoms with E-state index in [0.717, 1.165) is 24.8 Å². The van der Waals surface area contributed by atoms with Gasteiger partial charge in [0.1, 0.15) is 0 Å². The summed E-state index contributed by atoms with van der Waals surface area (Å²) in [6.07, 6.45) is 2.33. The SMILES string of the molecule is CC(C)c1ccc(C(=O)N2CCC3(CC2)CC3C(=O)O)cc1Cl. The molecule has 124 valence electrons. The smallest absolute Gasteiger partial charge is 0.307 e. The number of nitrogens with zero attached hydrogens (tertiary/aromatic N) is 1. The number of carboxylic acids is 1. The molecule has 1 aliphatic carbocycles. The largest absolute Gasteiger partial charge is 0.481 e. The molecule has 1 aliphatic heterocycles. The molecule has 1 saturated heterocycles. The van der Waals surface area contributed by atoms with E-state index in [-0.39, 0.29) is 17.2 Å². The van der Waals surface area contributed by atoms with Gasteiger partial charge in [0.05, 0.1) is 5.92 Å². The Morgan fingerprint density at radius 1 is 1.30 bits per heavy atom. The van der Waals surface area contributed by atoms with Crippen molar-refractivity contribution in [1.29, 1.82) is 0 Å². The quantitative estimate of drug-likeness (QED) is 0.914. The fourth-order valence-electron chi connectivity index (χ4n) is 3.72. The molecule has 0 aromatic heterocycles. The standard InChI is InChI=1S/C18H22ClNO3/c1-11(2)13-4-3-12(9-15(13)19)16(21)20-7-5-18(6-8-20)10-14(18)17(22)23/h3-4,9,11,14H,5-8,10H2,1-2H3,(H,22,23). The summed E-state index contributed by atoms with van der Waals surface area (Å²) < 4.78 is 0. The lowest BCUT2D eigenvalue weighted by atomic mass is 9.90. The zero-order valence-electron chi connectivity index (χ0n) is 13.5. The molecule has 1 spiro atoms. The van der Waals surface area contributed by atoms with E-state index >= 15 is 0 Å². The number of carbonyl (C=O) groups excluding carboxylic acids is 1. The normalized spacial score (nSPS) is 22.4. The minimum Gasteiger partial charge on any atom is -0.481 e. The van der Waals surface area contributed by atoms with Crippen molar-refractivity contribution in [3.8, 4) is 0 Å². The molecule has 4 nitrogen and oxygen atoms in total. The number of hydrogen-bond acceptors (Lipinski definition) is 2. The second-order valence-electron chi connectivity index (χ2n) is 7.14. The minimum atomic E-state index is -0.694. The number of rotatable bonds is 3. The van der Waals surface area contributed by atoms with E-state index < -0.39 is 5.97 Å². The number of carbonyl (C=O) groups is 2. The predicted molar refractivity (Wildman–Crippen MR) is 88.9 cm³/mol. The minimum absolute atomic E-state index is 0.00965. The van der Waals surface area contributed by atoms with Crippen molar-refractivity contribution in [2.45, 2.75) is 39.0 Å². The monoisotopic (exact) mass is 335 g/mol. The number of aliphatic carboxylic acids is 1. The number of hydrogen-bond donors (Lipinski definition) is 1. The number of amides is 1. The molecule has 5 heteroatoms. The molecule has 1 aromatic carbocycles. The second-order valence-corrected chi connectivity index (χ2v) is 7.55. The zero-order valence-corrected chi connectivity index (χ0v) is 14.3. The van der Waals surface area contributed by atoms with Crippen molar-refractivity contribution >= 4 is 23.5 Å². The van der Waals surface area contributed by atoms with Gasteiger partial charge in [0, 0.05) is 23.7 Å². The van der Waals surface area contributed by atoms with E-state index in [2.05, 4.69) is 13.8 Å². The van der Waals surface area contributed by atoms with Crippen LogP contribution < -0.4 is 0 Å². The highest BCUT2D eigenvalue weighted by molar-refractivity contribution is 6.31. The third-order valence-electron chi connectivity index (χ3n) is 5.40. The van der Waals surface area contributed by atoms with Crippen LogP contribution in [0.5, 0.6) is 0 Å². The molecule has 2 fully saturated rings. The third kappa shape index (κ3) is 2.97. The van der Waals surface area contributed by atoms with Gasteiger partial charge in [-0.05, 0) is 48.3 Å². The Labute approximate surface area is 141 Å². The number of piperidine rings is 1. The van der Waals surface area contributed by atoms with E-state index in [1.54, 1.807) is 6.07 Å². The van der Waals surface area contributed by atoms with Gasteiger partial charge < -0.3 is 10.0 Å². The maximum absolute atomic E-state index is 12.6. The molecule has 1 heterocycles. The Bertz CT molecular complexity index is 648. The van der Waals surface area contributed by atoms with Gasteiger partial charge in [-0.1, -0.05) is 31.5 Å². The first-order valence-corrected chi connectivity index (χ1v) is 8.53. The van der Waals surface area contributed by atoms with Gasteiger partial charge in [0.2, 0.25) is 0 Å². The van der Waals surface area contributed by atoms with Gasteiger partial charge in [-0.3, -0.25) is 9.59 Å². The molecule has 3 rings (SSSR count). The van der Waals surface area contributed by atoms with Crippen molar-refractivity contribution < 1.29 is 14.7 Å². The summed E-state index contributed by atoms with van der Waals surface area (Å²) in [6.45, 7) is 5.40. The second kappa shape index (κ2) is 5.82. The van der Waals surface area contributed by atoms with E-state index in [1.165, 1.54) is 0 Å². The molecule has 1 saturated carbocycles. The van der Waals surface area contributed by atoms with Crippen LogP contribution in [0, 0.1) is 11.3 Å². The molecular weight excluding hydrogens is 314 g/mol. The van der Waals surface area contributed by atoms with Gasteiger partial charge in [-0.25, -0.2) is 0 Å². The molecule has 23 heavy (non-hydrogen) atoms. The zero-order chi connectivity index (χ0) is 16.8. The predicted octanol–water partition coefficient (Wildman–Crippen LogP) is 3.79. The first-order chi connectivity index (χ1) is 10.8. The lowest BCUT2D eigenvalue weighted by molar-refractivity contribution is -0.139. The summed E-state index contributed by atoms with van der Waals surface area (Å²) >= 11 is 6.28. The van der Waals surface area contributed by atoms with E-state index in [0.29, 0.717) is 29.6 Å². The highest BCUT2D eigenvalue weighted by Gasteiger charge is 2.59. The summed E-state index contributed by atoms with van der Waals surface area (Å²) in [4.78, 5) is 25.6. The molecule has 1 N–H and O–H groups in total. The van der Waals surface area contributed by atoms with Gasteiger partial charge >= 0.3 is 5.97 Å². The number of likely N-dealkylation sites (tertiary alicyclic amines) is 1. The lowest BCUT2D eigenvalue weighted by Crippen LogP contribution is -2.40. The van der Waals surface area contributed by atoms with Crippen LogP contribution in [0.25, 0.3) is 0 Å². The van der Waals surface area contributed by atoms with Crippen molar-refractivity contribution in [1.82, 2.24) is 4.90 Å². The van der Waals surface area contributed by atoms with Crippen molar-refractivity contribution in [2.75, 3.05) is 13.1 Å². The Hall–Kier alpha value is -1.55. The summed E-state index contributed by atoms with van der Waals surface area (Å²) in [5, 5.41) is 9.76. The van der Waals surface area contributed by atoms with E-state index in [4.69, 9.17) is 16.7 Å². The Balaban J connectivity index is 1.66. The molecule has 0 radical (unpaired) electrons. The van der Waals surface area contributed by atoms with E-state index in [9.17, 15) is 9.59 Å². The van der Waals surface area contributed by atoms with Gasteiger partial charge in [-0.2, -0.15) is 0 Å². The molecule has 1 aromatic rings. The molecule has 0 bridgehead atoms. The Morgan fingerprint density at radius 2 is 1.96 bits per heavy atom. The number of benzene rings is 1. The van der Waals surface area contributed by atoms with Crippen LogP contribution in [0.3, 0.4) is 0 Å². The topological polar surface area (TPSA) is 57.6 Å². The first-order valence-electron chi connectivity index (χ1n) is 8.15. The maximum Gasteiger partial charge on any atom is 0.307 e. The van der Waals surface area contributed by atoms with Crippen LogP contribution in [0.2, 0.25) is 5.02 Å². The molecule has 1 unspecified atom stereocenters. The lowest BCUT2D eigenvalue weighted by Gasteiger charge is -2.32. The van der Waals surface area contributed by atoms with Crippen LogP contribution in [-0.4, -0.2) is 35.0 Å². The Kier molecular flexibility index (Phi) is 4.13. The van der Waals surface area contributed by atoms with Crippen LogP contribution in [0.4, 0.5) is 0 Å². The fourth-order valence-corrected chi connectivity index (χ4v) is 4.11. The van der Waals surface area contributed by atoms with Crippen molar-refractivity contribution in [3.63, 3.8) is 0 Å². The average Bonchev–Trinajstić information content (AvgIpc) is 3.21. The highest BCUT2D eigenvalue weighted by Crippen LogP contribution is 2.59. The maximum atomic E-state index is 12.6. The van der Waals surface area contributed by atoms with Crippen LogP contribution in [-0.2, 0) is 4.79 Å². The van der Waals surface area contributed by atoms with Crippen LogP contribution in [0.15, 0.2) is 18.2 Å². The van der Waals surface area contributed by atoms with Crippen molar-refractivity contribution in [3.05, 3.63) is 34.3 Å². The van der Waals surface area contributed by atoms with Gasteiger partial charge in [-0.15, -0.1) is 0 Å².